The van der Waals surface area contributed by atoms with E-state index < -0.39 is 11.7 Å². The molecule has 0 bridgehead atoms. The molecule has 1 aliphatic heterocycles. The van der Waals surface area contributed by atoms with Crippen molar-refractivity contribution in [3.05, 3.63) is 35.4 Å². The van der Waals surface area contributed by atoms with Gasteiger partial charge in [0.15, 0.2) is 5.96 Å². The fourth-order valence-corrected chi connectivity index (χ4v) is 3.16. The number of guanidine groups is 1. The highest BCUT2D eigenvalue weighted by atomic mass is 19.4. The number of rotatable bonds is 4. The summed E-state index contributed by atoms with van der Waals surface area (Å²) in [6, 6.07) is 4.93. The number of halogens is 3. The third-order valence-corrected chi connectivity index (χ3v) is 4.37. The fraction of sp³-hybridized carbons (Fsp3) is 0.500. The summed E-state index contributed by atoms with van der Waals surface area (Å²) in [5.41, 5.74) is 4.89. The van der Waals surface area contributed by atoms with E-state index in [1.54, 1.807) is 0 Å². The van der Waals surface area contributed by atoms with Crippen molar-refractivity contribution in [3.63, 3.8) is 0 Å². The molecule has 1 heterocycles. The zero-order valence-corrected chi connectivity index (χ0v) is 15.9. The number of piperidine rings is 1. The van der Waals surface area contributed by atoms with E-state index in [0.717, 1.165) is 31.5 Å². The van der Waals surface area contributed by atoms with Gasteiger partial charge in [-0.05, 0) is 43.9 Å². The highest BCUT2D eigenvalue weighted by Gasteiger charge is 2.30. The second-order valence-electron chi connectivity index (χ2n) is 6.68. The first-order chi connectivity index (χ1) is 13.3. The maximum atomic E-state index is 12.8. The molecule has 1 amide bonds. The molecule has 2 rings (SSSR count). The second-order valence-corrected chi connectivity index (χ2v) is 6.68. The molecule has 1 aromatic rings. The smallest absolute Gasteiger partial charge is 0.370 e. The summed E-state index contributed by atoms with van der Waals surface area (Å²) in [6.07, 6.45) is -2.14. The molecule has 0 spiro atoms. The Balaban J connectivity index is 2.04. The van der Waals surface area contributed by atoms with Crippen LogP contribution in [0.15, 0.2) is 29.3 Å². The van der Waals surface area contributed by atoms with Gasteiger partial charge in [0.25, 0.3) is 0 Å². The minimum absolute atomic E-state index is 0.162. The summed E-state index contributed by atoms with van der Waals surface area (Å²) in [6.45, 7) is 4.30. The Bertz CT molecular complexity index is 765. The van der Waals surface area contributed by atoms with Gasteiger partial charge in [-0.15, -0.1) is 0 Å². The highest BCUT2D eigenvalue weighted by Crippen LogP contribution is 2.29. The third-order valence-electron chi connectivity index (χ3n) is 4.37. The predicted molar refractivity (Wildman–Crippen MR) is 102 cm³/mol. The van der Waals surface area contributed by atoms with E-state index in [1.165, 1.54) is 12.1 Å². The number of nitrogens with zero attached hydrogens (tertiary/aromatic N) is 2. The zero-order valence-electron chi connectivity index (χ0n) is 15.9. The lowest BCUT2D eigenvalue weighted by molar-refractivity contribution is -0.137. The van der Waals surface area contributed by atoms with Crippen LogP contribution >= 0.6 is 0 Å². The van der Waals surface area contributed by atoms with Crippen molar-refractivity contribution in [1.82, 2.24) is 10.2 Å². The van der Waals surface area contributed by atoms with Gasteiger partial charge < -0.3 is 16.0 Å². The number of nitrogens with one attached hydrogen (secondary N) is 1. The van der Waals surface area contributed by atoms with Gasteiger partial charge in [0.2, 0.25) is 5.91 Å². The number of primary amides is 1. The van der Waals surface area contributed by atoms with E-state index in [1.807, 2.05) is 6.92 Å². The summed E-state index contributed by atoms with van der Waals surface area (Å²) < 4.78 is 38.3. The Labute approximate surface area is 163 Å². The van der Waals surface area contributed by atoms with E-state index in [2.05, 4.69) is 27.0 Å². The lowest BCUT2D eigenvalue weighted by atomic mass is 9.95. The minimum atomic E-state index is -4.39. The van der Waals surface area contributed by atoms with Gasteiger partial charge in [0.05, 0.1) is 5.56 Å². The number of carbonyl (C=O) groups is 1. The monoisotopic (exact) mass is 394 g/mol. The first-order valence-electron chi connectivity index (χ1n) is 9.27. The maximum Gasteiger partial charge on any atom is 0.416 e. The molecule has 3 N–H and O–H groups in total. The number of nitrogens with two attached hydrogens (primary N) is 1. The number of alkyl halides is 3. The summed E-state index contributed by atoms with van der Waals surface area (Å²) in [5, 5.41) is 3.20. The summed E-state index contributed by atoms with van der Waals surface area (Å²) in [4.78, 5) is 17.7. The molecule has 152 valence electrons. The molecule has 1 unspecified atom stereocenters. The van der Waals surface area contributed by atoms with Crippen LogP contribution in [0, 0.1) is 17.8 Å². The SMILES string of the molecule is CCNC(=NCC#Cc1cccc(C(F)(F)F)c1)N1CCCC(CC(N)=O)C1. The van der Waals surface area contributed by atoms with Crippen molar-refractivity contribution in [2.45, 2.75) is 32.4 Å². The molecule has 1 atom stereocenters. The van der Waals surface area contributed by atoms with Gasteiger partial charge in [-0.2, -0.15) is 13.2 Å². The molecular weight excluding hydrogens is 369 g/mol. The quantitative estimate of drug-likeness (QED) is 0.469. The lowest BCUT2D eigenvalue weighted by Crippen LogP contribution is -2.47. The van der Waals surface area contributed by atoms with Crippen LogP contribution < -0.4 is 11.1 Å². The Morgan fingerprint density at radius 3 is 2.89 bits per heavy atom. The van der Waals surface area contributed by atoms with Crippen molar-refractivity contribution in [2.24, 2.45) is 16.6 Å². The largest absolute Gasteiger partial charge is 0.416 e. The van der Waals surface area contributed by atoms with E-state index in [9.17, 15) is 18.0 Å². The molecule has 5 nitrogen and oxygen atoms in total. The van der Waals surface area contributed by atoms with Crippen LogP contribution in [0.1, 0.15) is 37.3 Å². The highest BCUT2D eigenvalue weighted by molar-refractivity contribution is 5.80. The number of likely N-dealkylation sites (tertiary alicyclic amines) is 1. The van der Waals surface area contributed by atoms with Crippen LogP contribution in [-0.2, 0) is 11.0 Å². The average Bonchev–Trinajstić information content (AvgIpc) is 2.63. The zero-order chi connectivity index (χ0) is 20.6. The Morgan fingerprint density at radius 1 is 1.43 bits per heavy atom. The van der Waals surface area contributed by atoms with Crippen molar-refractivity contribution in [1.29, 1.82) is 0 Å². The summed E-state index contributed by atoms with van der Waals surface area (Å²) in [7, 11) is 0. The summed E-state index contributed by atoms with van der Waals surface area (Å²) >= 11 is 0. The van der Waals surface area contributed by atoms with Crippen LogP contribution in [0.3, 0.4) is 0 Å². The van der Waals surface area contributed by atoms with Crippen molar-refractivity contribution in [3.8, 4) is 11.8 Å². The summed E-state index contributed by atoms with van der Waals surface area (Å²) in [5.74, 6) is 6.12. The van der Waals surface area contributed by atoms with Gasteiger partial charge in [-0.1, -0.05) is 17.9 Å². The first kappa shape index (κ1) is 21.6. The molecule has 1 saturated heterocycles. The molecule has 0 saturated carbocycles. The van der Waals surface area contributed by atoms with Crippen LogP contribution in [0.4, 0.5) is 13.2 Å². The topological polar surface area (TPSA) is 70.7 Å². The molecule has 1 aromatic carbocycles. The van der Waals surface area contributed by atoms with E-state index >= 15 is 0 Å². The fourth-order valence-electron chi connectivity index (χ4n) is 3.16. The molecule has 1 fully saturated rings. The molecule has 28 heavy (non-hydrogen) atoms. The van der Waals surface area contributed by atoms with Crippen molar-refractivity contribution in [2.75, 3.05) is 26.2 Å². The second kappa shape index (κ2) is 10.0. The number of amides is 1. The van der Waals surface area contributed by atoms with Gasteiger partial charge in [-0.3, -0.25) is 4.79 Å². The Kier molecular flexibility index (Phi) is 7.73. The average molecular weight is 394 g/mol. The standard InChI is InChI=1S/C20H25F3N4O/c1-2-25-19(27-11-5-8-16(14-27)13-18(24)28)26-10-4-7-15-6-3-9-17(12-15)20(21,22)23/h3,6,9,12,16H,2,5,8,10-11,13-14H2,1H3,(H2,24,28)(H,25,26). The number of carbonyl (C=O) groups excluding carboxylic acids is 1. The Morgan fingerprint density at radius 2 is 2.21 bits per heavy atom. The molecule has 8 heteroatoms. The van der Waals surface area contributed by atoms with Crippen LogP contribution in [-0.4, -0.2) is 42.9 Å². The molecule has 0 aliphatic carbocycles. The molecule has 0 aromatic heterocycles. The molecule has 0 radical (unpaired) electrons. The van der Waals surface area contributed by atoms with Crippen LogP contribution in [0.2, 0.25) is 0 Å². The van der Waals surface area contributed by atoms with Crippen molar-refractivity contribution < 1.29 is 18.0 Å². The van der Waals surface area contributed by atoms with Gasteiger partial charge in [-0.25, -0.2) is 4.99 Å². The number of benzene rings is 1. The predicted octanol–water partition coefficient (Wildman–Crippen LogP) is 2.61. The van der Waals surface area contributed by atoms with Gasteiger partial charge >= 0.3 is 6.18 Å². The maximum absolute atomic E-state index is 12.8. The van der Waals surface area contributed by atoms with Gasteiger partial charge in [0.1, 0.15) is 6.54 Å². The van der Waals surface area contributed by atoms with E-state index in [4.69, 9.17) is 5.73 Å². The molecule has 1 aliphatic rings. The lowest BCUT2D eigenvalue weighted by Gasteiger charge is -2.34. The van der Waals surface area contributed by atoms with Crippen LogP contribution in [0.5, 0.6) is 0 Å². The first-order valence-corrected chi connectivity index (χ1v) is 9.27. The van der Waals surface area contributed by atoms with Crippen molar-refractivity contribution >= 4 is 11.9 Å². The van der Waals surface area contributed by atoms with Crippen LogP contribution in [0.25, 0.3) is 0 Å². The molecular formula is C20H25F3N4O. The normalized spacial score (nSPS) is 17.6. The van der Waals surface area contributed by atoms with Gasteiger partial charge in [0, 0.05) is 31.6 Å². The van der Waals surface area contributed by atoms with E-state index in [0.29, 0.717) is 31.0 Å². The van der Waals surface area contributed by atoms with E-state index in [-0.39, 0.29) is 18.4 Å². The number of hydrogen-bond acceptors (Lipinski definition) is 2. The Hall–Kier alpha value is -2.69. The number of hydrogen-bond donors (Lipinski definition) is 2. The number of aliphatic imine (C=N–C) groups is 1. The third kappa shape index (κ3) is 6.80. The minimum Gasteiger partial charge on any atom is -0.370 e.